The molecule has 2 rings (SSSR count). The molecule has 0 bridgehead atoms. The van der Waals surface area contributed by atoms with E-state index >= 15 is 0 Å². The van der Waals surface area contributed by atoms with E-state index in [2.05, 4.69) is 4.90 Å². The third kappa shape index (κ3) is 3.36. The number of carboxylic acid groups (broad SMARTS) is 1. The lowest BCUT2D eigenvalue weighted by Crippen LogP contribution is -2.23. The van der Waals surface area contributed by atoms with Gasteiger partial charge in [-0.15, -0.1) is 11.3 Å². The van der Waals surface area contributed by atoms with Gasteiger partial charge in [0.1, 0.15) is 4.88 Å². The summed E-state index contributed by atoms with van der Waals surface area (Å²) in [5.41, 5.74) is 0.900. The molecule has 5 heteroatoms. The van der Waals surface area contributed by atoms with Crippen LogP contribution in [0.25, 0.3) is 10.1 Å². The maximum atomic E-state index is 11.4. The number of carbonyl (C=O) groups is 1. The summed E-state index contributed by atoms with van der Waals surface area (Å²) in [5, 5.41) is 10.4. The van der Waals surface area contributed by atoms with Crippen LogP contribution in [0.1, 0.15) is 22.2 Å². The van der Waals surface area contributed by atoms with Crippen LogP contribution in [-0.2, 0) is 11.3 Å². The zero-order valence-corrected chi connectivity index (χ0v) is 12.6. The van der Waals surface area contributed by atoms with Crippen LogP contribution in [0.3, 0.4) is 0 Å². The van der Waals surface area contributed by atoms with Crippen LogP contribution < -0.4 is 0 Å². The minimum atomic E-state index is -0.848. The number of carboxylic acids is 1. The number of likely N-dealkylation sites (N-methyl/N-ethyl adjacent to an activating group) is 1. The van der Waals surface area contributed by atoms with Crippen LogP contribution in [0, 0.1) is 0 Å². The highest BCUT2D eigenvalue weighted by atomic mass is 32.1. The van der Waals surface area contributed by atoms with Gasteiger partial charge in [-0.3, -0.25) is 4.90 Å². The molecule has 1 aromatic heterocycles. The van der Waals surface area contributed by atoms with Crippen molar-refractivity contribution in [3.8, 4) is 0 Å². The number of hydrogen-bond donors (Lipinski definition) is 1. The molecule has 0 atom stereocenters. The number of fused-ring (bicyclic) bond motifs is 1. The van der Waals surface area contributed by atoms with Crippen molar-refractivity contribution in [2.45, 2.75) is 13.5 Å². The third-order valence-electron chi connectivity index (χ3n) is 3.14. The molecule has 1 heterocycles. The van der Waals surface area contributed by atoms with Crippen LogP contribution in [0.5, 0.6) is 0 Å². The Labute approximate surface area is 122 Å². The fraction of sp³-hybridized carbons (Fsp3) is 0.400. The lowest BCUT2D eigenvalue weighted by molar-refractivity contribution is 0.0700. The zero-order valence-electron chi connectivity index (χ0n) is 11.8. The van der Waals surface area contributed by atoms with Gasteiger partial charge in [0, 0.05) is 24.4 Å². The monoisotopic (exact) mass is 293 g/mol. The molecule has 1 N–H and O–H groups in total. The molecular weight excluding hydrogens is 274 g/mol. The maximum Gasteiger partial charge on any atom is 0.346 e. The van der Waals surface area contributed by atoms with Gasteiger partial charge in [-0.2, -0.15) is 0 Å². The average Bonchev–Trinajstić information content (AvgIpc) is 2.78. The molecule has 1 aromatic carbocycles. The minimum absolute atomic E-state index is 0.439. The molecule has 20 heavy (non-hydrogen) atoms. The van der Waals surface area contributed by atoms with E-state index in [1.807, 2.05) is 38.2 Å². The Balaban J connectivity index is 2.23. The fourth-order valence-electron chi connectivity index (χ4n) is 2.14. The highest BCUT2D eigenvalue weighted by molar-refractivity contribution is 7.21. The van der Waals surface area contributed by atoms with Crippen LogP contribution in [-0.4, -0.2) is 42.8 Å². The molecule has 0 spiro atoms. The minimum Gasteiger partial charge on any atom is -0.477 e. The van der Waals surface area contributed by atoms with Gasteiger partial charge in [0.2, 0.25) is 0 Å². The summed E-state index contributed by atoms with van der Waals surface area (Å²) in [6.07, 6.45) is 0. The lowest BCUT2D eigenvalue weighted by Gasteiger charge is -2.16. The Morgan fingerprint density at radius 1 is 1.40 bits per heavy atom. The second kappa shape index (κ2) is 6.83. The SMILES string of the molecule is CCOCCN(C)Cc1c(C(=O)O)sc2ccccc12. The topological polar surface area (TPSA) is 49.8 Å². The molecule has 0 aliphatic rings. The number of ether oxygens (including phenoxy) is 1. The highest BCUT2D eigenvalue weighted by Gasteiger charge is 2.18. The number of benzene rings is 1. The number of nitrogens with zero attached hydrogens (tertiary/aromatic N) is 1. The average molecular weight is 293 g/mol. The molecular formula is C15H19NO3S. The number of rotatable bonds is 7. The van der Waals surface area contributed by atoms with Crippen LogP contribution in [0.2, 0.25) is 0 Å². The summed E-state index contributed by atoms with van der Waals surface area (Å²) < 4.78 is 6.36. The Kier molecular flexibility index (Phi) is 5.11. The number of aromatic carboxylic acids is 1. The van der Waals surface area contributed by atoms with Gasteiger partial charge in [0.25, 0.3) is 0 Å². The predicted molar refractivity (Wildman–Crippen MR) is 81.6 cm³/mol. The molecule has 0 saturated carbocycles. The number of hydrogen-bond acceptors (Lipinski definition) is 4. The largest absolute Gasteiger partial charge is 0.477 e. The predicted octanol–water partition coefficient (Wildman–Crippen LogP) is 3.07. The standard InChI is InChI=1S/C15H19NO3S/c1-3-19-9-8-16(2)10-12-11-6-4-5-7-13(11)20-14(12)15(17)18/h4-7H,3,8-10H2,1-2H3,(H,17,18). The van der Waals surface area contributed by atoms with Crippen molar-refractivity contribution in [1.29, 1.82) is 0 Å². The van der Waals surface area contributed by atoms with E-state index in [9.17, 15) is 9.90 Å². The number of thiophene rings is 1. The summed E-state index contributed by atoms with van der Waals surface area (Å²) in [7, 11) is 1.98. The summed E-state index contributed by atoms with van der Waals surface area (Å²) in [4.78, 5) is 13.9. The highest BCUT2D eigenvalue weighted by Crippen LogP contribution is 2.32. The Morgan fingerprint density at radius 3 is 2.85 bits per heavy atom. The van der Waals surface area contributed by atoms with E-state index in [1.165, 1.54) is 11.3 Å². The molecule has 0 radical (unpaired) electrons. The van der Waals surface area contributed by atoms with Gasteiger partial charge in [-0.25, -0.2) is 4.79 Å². The summed E-state index contributed by atoms with van der Waals surface area (Å²) in [5.74, 6) is -0.848. The van der Waals surface area contributed by atoms with Gasteiger partial charge >= 0.3 is 5.97 Å². The Morgan fingerprint density at radius 2 is 2.15 bits per heavy atom. The van der Waals surface area contributed by atoms with E-state index in [0.717, 1.165) is 22.2 Å². The molecule has 0 aliphatic carbocycles. The van der Waals surface area contributed by atoms with E-state index in [4.69, 9.17) is 4.74 Å². The molecule has 0 aliphatic heterocycles. The van der Waals surface area contributed by atoms with Gasteiger partial charge in [-0.1, -0.05) is 18.2 Å². The van der Waals surface area contributed by atoms with Crippen molar-refractivity contribution in [3.63, 3.8) is 0 Å². The molecule has 0 saturated heterocycles. The quantitative estimate of drug-likeness (QED) is 0.797. The second-order valence-electron chi connectivity index (χ2n) is 4.65. The van der Waals surface area contributed by atoms with Crippen molar-refractivity contribution in [1.82, 2.24) is 4.90 Å². The van der Waals surface area contributed by atoms with Gasteiger partial charge in [-0.05, 0) is 31.0 Å². The molecule has 0 amide bonds. The first-order valence-electron chi connectivity index (χ1n) is 6.63. The van der Waals surface area contributed by atoms with Gasteiger partial charge < -0.3 is 9.84 Å². The Bertz CT molecular complexity index is 594. The van der Waals surface area contributed by atoms with Crippen molar-refractivity contribution in [2.75, 3.05) is 26.8 Å². The summed E-state index contributed by atoms with van der Waals surface area (Å²) in [6, 6.07) is 7.84. The summed E-state index contributed by atoms with van der Waals surface area (Å²) in [6.45, 7) is 4.75. The fourth-order valence-corrected chi connectivity index (χ4v) is 3.19. The van der Waals surface area contributed by atoms with Crippen molar-refractivity contribution in [3.05, 3.63) is 34.7 Å². The Hall–Kier alpha value is -1.43. The molecule has 108 valence electrons. The maximum absolute atomic E-state index is 11.4. The van der Waals surface area contributed by atoms with Crippen LogP contribution in [0.4, 0.5) is 0 Å². The van der Waals surface area contributed by atoms with Crippen molar-refractivity contribution >= 4 is 27.4 Å². The molecule has 0 unspecified atom stereocenters. The first-order valence-corrected chi connectivity index (χ1v) is 7.45. The van der Waals surface area contributed by atoms with Crippen LogP contribution >= 0.6 is 11.3 Å². The summed E-state index contributed by atoms with van der Waals surface area (Å²) >= 11 is 1.34. The molecule has 4 nitrogen and oxygen atoms in total. The van der Waals surface area contributed by atoms with E-state index in [0.29, 0.717) is 24.6 Å². The molecule has 0 fully saturated rings. The first kappa shape index (κ1) is 15.0. The third-order valence-corrected chi connectivity index (χ3v) is 4.34. The van der Waals surface area contributed by atoms with E-state index in [-0.39, 0.29) is 0 Å². The van der Waals surface area contributed by atoms with Gasteiger partial charge in [0.05, 0.1) is 6.61 Å². The lowest BCUT2D eigenvalue weighted by atomic mass is 10.1. The van der Waals surface area contributed by atoms with E-state index < -0.39 is 5.97 Å². The zero-order chi connectivity index (χ0) is 14.5. The van der Waals surface area contributed by atoms with Crippen molar-refractivity contribution < 1.29 is 14.6 Å². The van der Waals surface area contributed by atoms with Crippen molar-refractivity contribution in [2.24, 2.45) is 0 Å². The molecule has 2 aromatic rings. The van der Waals surface area contributed by atoms with Crippen LogP contribution in [0.15, 0.2) is 24.3 Å². The normalized spacial score (nSPS) is 11.3. The first-order chi connectivity index (χ1) is 9.63. The second-order valence-corrected chi connectivity index (χ2v) is 5.70. The van der Waals surface area contributed by atoms with Gasteiger partial charge in [0.15, 0.2) is 0 Å². The smallest absolute Gasteiger partial charge is 0.346 e. The van der Waals surface area contributed by atoms with E-state index in [1.54, 1.807) is 0 Å².